The van der Waals surface area contributed by atoms with Crippen molar-refractivity contribution in [2.75, 3.05) is 19.7 Å². The van der Waals surface area contributed by atoms with Crippen molar-refractivity contribution in [3.8, 4) is 5.75 Å². The van der Waals surface area contributed by atoms with E-state index in [-0.39, 0.29) is 36.5 Å². The smallest absolute Gasteiger partial charge is 0.270 e. The Morgan fingerprint density at radius 1 is 1.16 bits per heavy atom. The fourth-order valence-electron chi connectivity index (χ4n) is 5.32. The molecular formula is C30H33N3O4S. The van der Waals surface area contributed by atoms with Crippen molar-refractivity contribution in [1.29, 1.82) is 0 Å². The predicted octanol–water partition coefficient (Wildman–Crippen LogP) is 4.82. The van der Waals surface area contributed by atoms with Crippen LogP contribution in [0.3, 0.4) is 0 Å². The first-order chi connectivity index (χ1) is 18.5. The monoisotopic (exact) mass is 531 g/mol. The van der Waals surface area contributed by atoms with Crippen molar-refractivity contribution in [1.82, 2.24) is 15.2 Å². The minimum Gasteiger partial charge on any atom is -0.486 e. The van der Waals surface area contributed by atoms with E-state index in [1.165, 1.54) is 22.5 Å². The van der Waals surface area contributed by atoms with Gasteiger partial charge in [0.15, 0.2) is 0 Å². The zero-order valence-corrected chi connectivity index (χ0v) is 22.5. The second kappa shape index (κ2) is 10.9. The van der Waals surface area contributed by atoms with E-state index in [1.54, 1.807) is 5.38 Å². The van der Waals surface area contributed by atoms with Crippen LogP contribution in [0.2, 0.25) is 0 Å². The number of thiazole rings is 1. The molecule has 1 N–H and O–H groups in total. The molecule has 1 saturated carbocycles. The van der Waals surface area contributed by atoms with Gasteiger partial charge in [-0.15, -0.1) is 11.3 Å². The summed E-state index contributed by atoms with van der Waals surface area (Å²) >= 11 is 1.42. The molecule has 2 fully saturated rings. The molecule has 3 aromatic rings. The van der Waals surface area contributed by atoms with E-state index in [1.807, 2.05) is 6.07 Å². The topological polar surface area (TPSA) is 80.8 Å². The Kier molecular flexibility index (Phi) is 7.17. The average Bonchev–Trinajstić information content (AvgIpc) is 3.44. The molecule has 2 atom stereocenters. The first-order valence-corrected chi connectivity index (χ1v) is 14.4. The highest BCUT2D eigenvalue weighted by Gasteiger charge is 2.39. The van der Waals surface area contributed by atoms with Crippen LogP contribution in [0.25, 0.3) is 0 Å². The number of rotatable bonds is 8. The normalized spacial score (nSPS) is 20.7. The number of hydrogen-bond acceptors (Lipinski definition) is 6. The van der Waals surface area contributed by atoms with Gasteiger partial charge in [-0.3, -0.25) is 9.59 Å². The van der Waals surface area contributed by atoms with Crippen molar-refractivity contribution >= 4 is 23.2 Å². The Labute approximate surface area is 227 Å². The molecule has 0 spiro atoms. The van der Waals surface area contributed by atoms with Crippen molar-refractivity contribution in [2.45, 2.75) is 57.8 Å². The van der Waals surface area contributed by atoms with Gasteiger partial charge in [-0.25, -0.2) is 4.98 Å². The zero-order valence-electron chi connectivity index (χ0n) is 21.7. The van der Waals surface area contributed by atoms with Crippen LogP contribution < -0.4 is 10.1 Å². The number of aryl methyl sites for hydroxylation is 1. The number of carbonyl (C=O) groups is 2. The summed E-state index contributed by atoms with van der Waals surface area (Å²) in [6.07, 6.45) is 4.95. The first kappa shape index (κ1) is 25.1. The molecule has 1 saturated heterocycles. The Morgan fingerprint density at radius 2 is 2.00 bits per heavy atom. The molecule has 1 aromatic heterocycles. The predicted molar refractivity (Wildman–Crippen MR) is 145 cm³/mol. The molecule has 0 unspecified atom stereocenters. The molecule has 0 radical (unpaired) electrons. The standard InChI is InChI=1S/C30H33N3O4S/c1-19-4-6-21(7-5-19)28-25-15-23(11-10-20(25)12-13-33(28)30(35)22-8-9-22)37-17-27-32-26(18-38-27)29(34)31-16-24-3-2-14-36-24/h4-7,10-11,15,18,22,24,28H,2-3,8-9,12-14,16-17H2,1H3,(H,31,34)/t24-,28+/m1/s1. The number of nitrogens with zero attached hydrogens (tertiary/aromatic N) is 2. The highest BCUT2D eigenvalue weighted by atomic mass is 32.1. The maximum Gasteiger partial charge on any atom is 0.270 e. The van der Waals surface area contributed by atoms with Crippen LogP contribution in [0.5, 0.6) is 5.75 Å². The average molecular weight is 532 g/mol. The molecule has 3 aliphatic rings. The second-order valence-electron chi connectivity index (χ2n) is 10.5. The summed E-state index contributed by atoms with van der Waals surface area (Å²) in [6.45, 7) is 4.37. The van der Waals surface area contributed by atoms with Gasteiger partial charge >= 0.3 is 0 Å². The lowest BCUT2D eigenvalue weighted by Gasteiger charge is -2.38. The van der Waals surface area contributed by atoms with Gasteiger partial charge in [-0.2, -0.15) is 0 Å². The lowest BCUT2D eigenvalue weighted by atomic mass is 9.87. The van der Waals surface area contributed by atoms with E-state index in [0.717, 1.165) is 67.1 Å². The summed E-state index contributed by atoms with van der Waals surface area (Å²) < 4.78 is 11.7. The first-order valence-electron chi connectivity index (χ1n) is 13.5. The Hall–Kier alpha value is -3.23. The van der Waals surface area contributed by atoms with E-state index in [9.17, 15) is 9.59 Å². The minimum atomic E-state index is -0.182. The molecule has 2 amide bonds. The van der Waals surface area contributed by atoms with Gasteiger partial charge in [0.05, 0.1) is 12.1 Å². The van der Waals surface area contributed by atoms with E-state index in [4.69, 9.17) is 9.47 Å². The summed E-state index contributed by atoms with van der Waals surface area (Å²) in [5.74, 6) is 0.992. The van der Waals surface area contributed by atoms with Crippen molar-refractivity contribution in [3.05, 3.63) is 80.8 Å². The van der Waals surface area contributed by atoms with E-state index in [2.05, 4.69) is 58.5 Å². The Balaban J connectivity index is 1.16. The van der Waals surface area contributed by atoms with Gasteiger partial charge in [-0.1, -0.05) is 35.9 Å². The fraction of sp³-hybridized carbons (Fsp3) is 0.433. The van der Waals surface area contributed by atoms with Crippen molar-refractivity contribution < 1.29 is 19.1 Å². The molecule has 8 heteroatoms. The van der Waals surface area contributed by atoms with Gasteiger partial charge < -0.3 is 19.7 Å². The van der Waals surface area contributed by atoms with Crippen LogP contribution in [-0.4, -0.2) is 47.5 Å². The lowest BCUT2D eigenvalue weighted by Crippen LogP contribution is -2.41. The van der Waals surface area contributed by atoms with Crippen LogP contribution in [0.15, 0.2) is 47.8 Å². The summed E-state index contributed by atoms with van der Waals surface area (Å²) in [4.78, 5) is 32.3. The molecule has 6 rings (SSSR count). The van der Waals surface area contributed by atoms with Gasteiger partial charge in [0.2, 0.25) is 5.91 Å². The van der Waals surface area contributed by atoms with Gasteiger partial charge in [0, 0.05) is 31.0 Å². The highest BCUT2D eigenvalue weighted by Crippen LogP contribution is 2.41. The molecular weight excluding hydrogens is 498 g/mol. The summed E-state index contributed by atoms with van der Waals surface area (Å²) in [7, 11) is 0. The third kappa shape index (κ3) is 5.47. The Morgan fingerprint density at radius 3 is 2.76 bits per heavy atom. The summed E-state index contributed by atoms with van der Waals surface area (Å²) in [5, 5.41) is 5.43. The molecule has 198 valence electrons. The van der Waals surface area contributed by atoms with Gasteiger partial charge in [0.25, 0.3) is 5.91 Å². The number of ether oxygens (including phenoxy) is 2. The van der Waals surface area contributed by atoms with Crippen LogP contribution in [0.4, 0.5) is 0 Å². The maximum atomic E-state index is 13.2. The SMILES string of the molecule is Cc1ccc([C@H]2c3cc(OCc4nc(C(=O)NC[C@H]5CCCO5)cs4)ccc3CCN2C(=O)C2CC2)cc1. The third-order valence-electron chi connectivity index (χ3n) is 7.61. The molecule has 2 aromatic carbocycles. The third-order valence-corrected chi connectivity index (χ3v) is 8.43. The van der Waals surface area contributed by atoms with E-state index < -0.39 is 0 Å². The number of carbonyl (C=O) groups excluding carboxylic acids is 2. The quantitative estimate of drug-likeness (QED) is 0.451. The molecule has 3 heterocycles. The molecule has 0 bridgehead atoms. The van der Waals surface area contributed by atoms with Gasteiger partial charge in [0.1, 0.15) is 23.1 Å². The van der Waals surface area contributed by atoms with E-state index >= 15 is 0 Å². The van der Waals surface area contributed by atoms with Crippen molar-refractivity contribution in [3.63, 3.8) is 0 Å². The molecule has 38 heavy (non-hydrogen) atoms. The molecule has 1 aliphatic carbocycles. The summed E-state index contributed by atoms with van der Waals surface area (Å²) in [6, 6.07) is 14.6. The van der Waals surface area contributed by atoms with E-state index in [0.29, 0.717) is 12.2 Å². The minimum absolute atomic E-state index is 0.101. The molecule has 2 aliphatic heterocycles. The highest BCUT2D eigenvalue weighted by molar-refractivity contribution is 7.09. The maximum absolute atomic E-state index is 13.2. The number of nitrogens with one attached hydrogen (secondary N) is 1. The number of aromatic nitrogens is 1. The lowest BCUT2D eigenvalue weighted by molar-refractivity contribution is -0.134. The van der Waals surface area contributed by atoms with Crippen LogP contribution in [-0.2, 0) is 22.6 Å². The number of benzene rings is 2. The number of fused-ring (bicyclic) bond motifs is 1. The van der Waals surface area contributed by atoms with Gasteiger partial charge in [-0.05, 0) is 67.9 Å². The van der Waals surface area contributed by atoms with Crippen LogP contribution >= 0.6 is 11.3 Å². The zero-order chi connectivity index (χ0) is 26.1. The second-order valence-corrected chi connectivity index (χ2v) is 11.4. The number of amides is 2. The largest absolute Gasteiger partial charge is 0.486 e. The van der Waals surface area contributed by atoms with Crippen LogP contribution in [0, 0.1) is 12.8 Å². The Bertz CT molecular complexity index is 1310. The molecule has 7 nitrogen and oxygen atoms in total. The van der Waals surface area contributed by atoms with Crippen molar-refractivity contribution in [2.24, 2.45) is 5.92 Å². The fourth-order valence-corrected chi connectivity index (χ4v) is 6.01. The van der Waals surface area contributed by atoms with Crippen LogP contribution in [0.1, 0.15) is 69.5 Å². The number of hydrogen-bond donors (Lipinski definition) is 1. The summed E-state index contributed by atoms with van der Waals surface area (Å²) in [5.41, 5.74) is 5.11.